The minimum Gasteiger partial charge on any atom is -0.131 e. The van der Waals surface area contributed by atoms with Crippen molar-refractivity contribution in [3.05, 3.63) is 6.26 Å². The van der Waals surface area contributed by atoms with E-state index < -0.39 is 0 Å². The predicted octanol–water partition coefficient (Wildman–Crippen LogP) is 2.15. The highest BCUT2D eigenvalue weighted by molar-refractivity contribution is 8.03. The summed E-state index contributed by atoms with van der Waals surface area (Å²) in [7, 11) is 0. The van der Waals surface area contributed by atoms with Crippen LogP contribution in [0.1, 0.15) is 0 Å². The molecule has 0 aromatic carbocycles. The standard InChI is InChI=1S/C6H5N2S3/c1-3-4-10-6-8-7-5(9-2)11-6/h1H,2,4H2. The summed E-state index contributed by atoms with van der Waals surface area (Å²) < 4.78 is 1.79. The minimum atomic E-state index is 0.649. The average Bonchev–Trinajstić information content (AvgIpc) is 2.48. The van der Waals surface area contributed by atoms with Gasteiger partial charge in [-0.2, -0.15) is 0 Å². The Hall–Kier alpha value is -0.180. The van der Waals surface area contributed by atoms with Gasteiger partial charge in [-0.15, -0.1) is 16.6 Å². The second-order valence-electron chi connectivity index (χ2n) is 1.47. The maximum atomic E-state index is 5.08. The first-order chi connectivity index (χ1) is 5.36. The molecule has 0 N–H and O–H groups in total. The van der Waals surface area contributed by atoms with Crippen LogP contribution in [0.25, 0.3) is 0 Å². The second kappa shape index (κ2) is 4.65. The third-order valence-electron chi connectivity index (χ3n) is 0.790. The van der Waals surface area contributed by atoms with Crippen molar-refractivity contribution in [2.75, 3.05) is 5.75 Å². The van der Waals surface area contributed by atoms with Gasteiger partial charge in [0.1, 0.15) is 0 Å². The molecule has 0 amide bonds. The zero-order valence-corrected chi connectivity index (χ0v) is 8.06. The zero-order valence-electron chi connectivity index (χ0n) is 5.61. The van der Waals surface area contributed by atoms with Gasteiger partial charge in [-0.05, 0) is 0 Å². The van der Waals surface area contributed by atoms with Gasteiger partial charge >= 0.3 is 0 Å². The van der Waals surface area contributed by atoms with E-state index >= 15 is 0 Å². The van der Waals surface area contributed by atoms with Crippen LogP contribution in [0.3, 0.4) is 0 Å². The van der Waals surface area contributed by atoms with E-state index in [-0.39, 0.29) is 0 Å². The van der Waals surface area contributed by atoms with Crippen LogP contribution >= 0.6 is 34.9 Å². The van der Waals surface area contributed by atoms with Crippen molar-refractivity contribution in [1.82, 2.24) is 10.2 Å². The first-order valence-electron chi connectivity index (χ1n) is 2.68. The fourth-order valence-electron chi connectivity index (χ4n) is 0.417. The number of hydrogen-bond donors (Lipinski definition) is 0. The van der Waals surface area contributed by atoms with Crippen molar-refractivity contribution in [2.45, 2.75) is 8.68 Å². The molecule has 57 valence electrons. The smallest absolute Gasteiger partial charge is 0.131 e. The molecule has 1 radical (unpaired) electrons. The summed E-state index contributed by atoms with van der Waals surface area (Å²) in [6.45, 7) is 0. The van der Waals surface area contributed by atoms with Gasteiger partial charge in [0, 0.05) is 6.26 Å². The molecule has 0 unspecified atom stereocenters. The van der Waals surface area contributed by atoms with E-state index in [1.807, 2.05) is 0 Å². The Labute approximate surface area is 78.2 Å². The van der Waals surface area contributed by atoms with E-state index in [2.05, 4.69) is 22.4 Å². The van der Waals surface area contributed by atoms with Crippen LogP contribution in [0.2, 0.25) is 0 Å². The van der Waals surface area contributed by atoms with Gasteiger partial charge in [0.05, 0.1) is 5.75 Å². The number of thioether (sulfide) groups is 2. The molecule has 0 atom stereocenters. The zero-order chi connectivity index (χ0) is 8.10. The van der Waals surface area contributed by atoms with Gasteiger partial charge in [-0.25, -0.2) is 0 Å². The number of rotatable bonds is 3. The Bertz CT molecular complexity index is 263. The van der Waals surface area contributed by atoms with E-state index in [4.69, 9.17) is 6.42 Å². The molecule has 0 saturated carbocycles. The maximum Gasteiger partial charge on any atom is 0.176 e. The van der Waals surface area contributed by atoms with Crippen molar-refractivity contribution in [3.8, 4) is 12.3 Å². The van der Waals surface area contributed by atoms with E-state index in [1.54, 1.807) is 0 Å². The normalized spacial score (nSPS) is 9.45. The lowest BCUT2D eigenvalue weighted by Crippen LogP contribution is -1.72. The molecule has 0 aliphatic rings. The summed E-state index contributed by atoms with van der Waals surface area (Å²) >= 11 is 4.40. The summed E-state index contributed by atoms with van der Waals surface area (Å²) in [5.74, 6) is 3.17. The first kappa shape index (κ1) is 8.91. The van der Waals surface area contributed by atoms with Crippen LogP contribution in [0.4, 0.5) is 0 Å². The monoisotopic (exact) mass is 201 g/mol. The number of hydrogen-bond acceptors (Lipinski definition) is 5. The third-order valence-corrected chi connectivity index (χ3v) is 3.48. The molecule has 5 heteroatoms. The van der Waals surface area contributed by atoms with Gasteiger partial charge in [-0.1, -0.05) is 40.8 Å². The highest BCUT2D eigenvalue weighted by Gasteiger charge is 2.01. The van der Waals surface area contributed by atoms with Gasteiger partial charge in [0.2, 0.25) is 0 Å². The summed E-state index contributed by atoms with van der Waals surface area (Å²) in [6, 6.07) is 0. The molecule has 2 nitrogen and oxygen atoms in total. The molecule has 1 heterocycles. The first-order valence-corrected chi connectivity index (χ1v) is 5.47. The van der Waals surface area contributed by atoms with Crippen molar-refractivity contribution in [3.63, 3.8) is 0 Å². The largest absolute Gasteiger partial charge is 0.176 e. The Kier molecular flexibility index (Phi) is 3.77. The van der Waals surface area contributed by atoms with Crippen molar-refractivity contribution in [1.29, 1.82) is 0 Å². The molecule has 0 saturated heterocycles. The number of aromatic nitrogens is 2. The van der Waals surface area contributed by atoms with Crippen LogP contribution in [0, 0.1) is 18.6 Å². The van der Waals surface area contributed by atoms with Crippen LogP contribution in [-0.2, 0) is 0 Å². The molecule has 11 heavy (non-hydrogen) atoms. The number of nitrogens with zero attached hydrogens (tertiary/aromatic N) is 2. The van der Waals surface area contributed by atoms with Gasteiger partial charge in [0.25, 0.3) is 0 Å². The molecule has 0 aliphatic heterocycles. The topological polar surface area (TPSA) is 25.8 Å². The number of terminal acetylenes is 1. The highest BCUT2D eigenvalue weighted by Crippen LogP contribution is 2.27. The third kappa shape index (κ3) is 2.73. The molecule has 0 aliphatic carbocycles. The SMILES string of the molecule is C#CCSc1nnc(S[CH2])s1. The summed E-state index contributed by atoms with van der Waals surface area (Å²) in [4.78, 5) is 0. The predicted molar refractivity (Wildman–Crippen MR) is 50.7 cm³/mol. The Morgan fingerprint density at radius 2 is 2.27 bits per heavy atom. The Balaban J connectivity index is 2.53. The lowest BCUT2D eigenvalue weighted by molar-refractivity contribution is 0.957. The van der Waals surface area contributed by atoms with Crippen LogP contribution in [0.15, 0.2) is 8.68 Å². The molecule has 1 aromatic heterocycles. The fraction of sp³-hybridized carbons (Fsp3) is 0.167. The fourth-order valence-corrected chi connectivity index (χ4v) is 2.41. The van der Waals surface area contributed by atoms with E-state index in [0.717, 1.165) is 8.68 Å². The van der Waals surface area contributed by atoms with Crippen LogP contribution in [0.5, 0.6) is 0 Å². The van der Waals surface area contributed by atoms with Gasteiger partial charge in [-0.3, -0.25) is 0 Å². The molecule has 0 spiro atoms. The van der Waals surface area contributed by atoms with Crippen molar-refractivity contribution in [2.24, 2.45) is 0 Å². The van der Waals surface area contributed by atoms with Crippen molar-refractivity contribution >= 4 is 34.9 Å². The Morgan fingerprint density at radius 1 is 1.55 bits per heavy atom. The summed E-state index contributed by atoms with van der Waals surface area (Å²) in [6.07, 6.45) is 8.71. The Morgan fingerprint density at radius 3 is 2.82 bits per heavy atom. The lowest BCUT2D eigenvalue weighted by atomic mass is 10.8. The molecule has 1 aromatic rings. The van der Waals surface area contributed by atoms with E-state index in [1.165, 1.54) is 34.9 Å². The highest BCUT2D eigenvalue weighted by atomic mass is 32.2. The lowest BCUT2D eigenvalue weighted by Gasteiger charge is -1.83. The summed E-state index contributed by atoms with van der Waals surface area (Å²) in [5.41, 5.74) is 0. The molecular formula is C6H5N2S3. The minimum absolute atomic E-state index is 0.649. The maximum absolute atomic E-state index is 5.08. The average molecular weight is 201 g/mol. The summed E-state index contributed by atoms with van der Waals surface area (Å²) in [5, 5.41) is 7.77. The molecule has 0 bridgehead atoms. The quantitative estimate of drug-likeness (QED) is 0.553. The molecular weight excluding hydrogens is 196 g/mol. The van der Waals surface area contributed by atoms with E-state index in [0.29, 0.717) is 5.75 Å². The van der Waals surface area contributed by atoms with Crippen LogP contribution in [-0.4, -0.2) is 16.0 Å². The van der Waals surface area contributed by atoms with Crippen molar-refractivity contribution < 1.29 is 0 Å². The molecule has 1 rings (SSSR count). The second-order valence-corrected chi connectivity index (χ2v) is 4.60. The van der Waals surface area contributed by atoms with Crippen LogP contribution < -0.4 is 0 Å². The molecule has 0 fully saturated rings. The van der Waals surface area contributed by atoms with E-state index in [9.17, 15) is 0 Å². The van der Waals surface area contributed by atoms with Gasteiger partial charge < -0.3 is 0 Å². The van der Waals surface area contributed by atoms with Gasteiger partial charge in [0.15, 0.2) is 8.68 Å².